The number of halogens is 1. The topological polar surface area (TPSA) is 61.4 Å². The fraction of sp³-hybridized carbons (Fsp3) is 0.462. The molecule has 0 saturated carbocycles. The SMILES string of the molecule is CC(NCC1CCC(=O)N1)c1cc(F)ccc1O. The number of carbonyl (C=O) groups is 1. The third-order valence-electron chi connectivity index (χ3n) is 3.21. The molecular formula is C13H17FN2O2. The maximum absolute atomic E-state index is 13.1. The summed E-state index contributed by atoms with van der Waals surface area (Å²) in [6.45, 7) is 2.47. The summed E-state index contributed by atoms with van der Waals surface area (Å²) in [7, 11) is 0. The van der Waals surface area contributed by atoms with Gasteiger partial charge in [0.1, 0.15) is 11.6 Å². The third kappa shape index (κ3) is 2.98. The molecule has 18 heavy (non-hydrogen) atoms. The zero-order chi connectivity index (χ0) is 13.1. The van der Waals surface area contributed by atoms with Gasteiger partial charge >= 0.3 is 0 Å². The van der Waals surface area contributed by atoms with Gasteiger partial charge in [0.2, 0.25) is 5.91 Å². The van der Waals surface area contributed by atoms with E-state index >= 15 is 0 Å². The molecule has 1 aliphatic heterocycles. The van der Waals surface area contributed by atoms with E-state index in [0.717, 1.165) is 6.42 Å². The average Bonchev–Trinajstić information content (AvgIpc) is 2.75. The molecule has 1 aromatic carbocycles. The molecule has 98 valence electrons. The maximum Gasteiger partial charge on any atom is 0.220 e. The Morgan fingerprint density at radius 2 is 2.39 bits per heavy atom. The van der Waals surface area contributed by atoms with E-state index in [2.05, 4.69) is 10.6 Å². The zero-order valence-corrected chi connectivity index (χ0v) is 10.2. The largest absolute Gasteiger partial charge is 0.508 e. The lowest BCUT2D eigenvalue weighted by atomic mass is 10.1. The Morgan fingerprint density at radius 3 is 3.06 bits per heavy atom. The van der Waals surface area contributed by atoms with Gasteiger partial charge < -0.3 is 15.7 Å². The molecular weight excluding hydrogens is 235 g/mol. The minimum absolute atomic E-state index is 0.0723. The number of carbonyl (C=O) groups excluding carboxylic acids is 1. The van der Waals surface area contributed by atoms with Gasteiger partial charge in [-0.05, 0) is 31.5 Å². The molecule has 1 saturated heterocycles. The molecule has 4 nitrogen and oxygen atoms in total. The molecule has 1 heterocycles. The molecule has 1 aliphatic rings. The van der Waals surface area contributed by atoms with Crippen LogP contribution in [-0.4, -0.2) is 23.6 Å². The molecule has 1 amide bonds. The first-order chi connectivity index (χ1) is 8.56. The van der Waals surface area contributed by atoms with Crippen LogP contribution in [0.3, 0.4) is 0 Å². The number of phenols is 1. The van der Waals surface area contributed by atoms with Gasteiger partial charge in [0.15, 0.2) is 0 Å². The van der Waals surface area contributed by atoms with Crippen LogP contribution in [-0.2, 0) is 4.79 Å². The standard InChI is InChI=1S/C13H17FN2O2/c1-8(11-6-9(14)2-4-12(11)17)15-7-10-3-5-13(18)16-10/h2,4,6,8,10,15,17H,3,5,7H2,1H3,(H,16,18). The zero-order valence-electron chi connectivity index (χ0n) is 10.2. The van der Waals surface area contributed by atoms with Crippen molar-refractivity contribution in [3.05, 3.63) is 29.6 Å². The van der Waals surface area contributed by atoms with Gasteiger partial charge in [-0.1, -0.05) is 0 Å². The molecule has 0 spiro atoms. The first-order valence-corrected chi connectivity index (χ1v) is 6.07. The number of nitrogens with one attached hydrogen (secondary N) is 2. The lowest BCUT2D eigenvalue weighted by molar-refractivity contribution is -0.119. The Morgan fingerprint density at radius 1 is 1.61 bits per heavy atom. The number of benzene rings is 1. The minimum atomic E-state index is -0.370. The number of hydrogen-bond acceptors (Lipinski definition) is 3. The van der Waals surface area contributed by atoms with Gasteiger partial charge in [-0.3, -0.25) is 4.79 Å². The fourth-order valence-electron chi connectivity index (χ4n) is 2.13. The van der Waals surface area contributed by atoms with Gasteiger partial charge in [0.25, 0.3) is 0 Å². The summed E-state index contributed by atoms with van der Waals surface area (Å²) < 4.78 is 13.1. The highest BCUT2D eigenvalue weighted by Gasteiger charge is 2.21. The van der Waals surface area contributed by atoms with Crippen LogP contribution in [0.15, 0.2) is 18.2 Å². The summed E-state index contributed by atoms with van der Waals surface area (Å²) in [5.41, 5.74) is 0.527. The Labute approximate surface area is 105 Å². The molecule has 0 aliphatic carbocycles. The van der Waals surface area contributed by atoms with E-state index in [1.807, 2.05) is 6.92 Å². The highest BCUT2D eigenvalue weighted by atomic mass is 19.1. The molecule has 2 rings (SSSR count). The van der Waals surface area contributed by atoms with Crippen molar-refractivity contribution in [2.24, 2.45) is 0 Å². The Bertz CT molecular complexity index is 451. The van der Waals surface area contributed by atoms with Crippen LogP contribution in [0.5, 0.6) is 5.75 Å². The lowest BCUT2D eigenvalue weighted by Gasteiger charge is -2.18. The van der Waals surface area contributed by atoms with E-state index in [1.54, 1.807) is 0 Å². The predicted molar refractivity (Wildman–Crippen MR) is 65.6 cm³/mol. The van der Waals surface area contributed by atoms with Crippen molar-refractivity contribution < 1.29 is 14.3 Å². The summed E-state index contributed by atoms with van der Waals surface area (Å²) in [4.78, 5) is 11.0. The van der Waals surface area contributed by atoms with E-state index in [0.29, 0.717) is 18.5 Å². The molecule has 0 aromatic heterocycles. The number of aromatic hydroxyl groups is 1. The van der Waals surface area contributed by atoms with Gasteiger partial charge in [0.05, 0.1) is 0 Å². The van der Waals surface area contributed by atoms with Crippen molar-refractivity contribution in [1.82, 2.24) is 10.6 Å². The van der Waals surface area contributed by atoms with Crippen molar-refractivity contribution >= 4 is 5.91 Å². The number of amides is 1. The van der Waals surface area contributed by atoms with Crippen molar-refractivity contribution in [2.75, 3.05) is 6.54 Å². The van der Waals surface area contributed by atoms with Gasteiger partial charge in [0, 0.05) is 30.6 Å². The van der Waals surface area contributed by atoms with Crippen LogP contribution in [0, 0.1) is 5.82 Å². The van der Waals surface area contributed by atoms with E-state index < -0.39 is 0 Å². The van der Waals surface area contributed by atoms with E-state index in [-0.39, 0.29) is 29.6 Å². The number of phenolic OH excluding ortho intramolecular Hbond substituents is 1. The molecule has 1 fully saturated rings. The maximum atomic E-state index is 13.1. The average molecular weight is 252 g/mol. The van der Waals surface area contributed by atoms with Crippen LogP contribution in [0.1, 0.15) is 31.4 Å². The molecule has 0 radical (unpaired) electrons. The van der Waals surface area contributed by atoms with Gasteiger partial charge in [-0.2, -0.15) is 0 Å². The monoisotopic (exact) mass is 252 g/mol. The third-order valence-corrected chi connectivity index (χ3v) is 3.21. The second kappa shape index (κ2) is 5.35. The number of rotatable bonds is 4. The van der Waals surface area contributed by atoms with E-state index in [4.69, 9.17) is 0 Å². The molecule has 2 atom stereocenters. The predicted octanol–water partition coefficient (Wildman–Crippen LogP) is 1.46. The fourth-order valence-corrected chi connectivity index (χ4v) is 2.13. The second-order valence-electron chi connectivity index (χ2n) is 4.64. The quantitative estimate of drug-likeness (QED) is 0.760. The summed E-state index contributed by atoms with van der Waals surface area (Å²) in [5.74, 6) is -0.222. The number of hydrogen-bond donors (Lipinski definition) is 3. The van der Waals surface area contributed by atoms with Crippen LogP contribution in [0.2, 0.25) is 0 Å². The first kappa shape index (κ1) is 12.8. The highest BCUT2D eigenvalue weighted by molar-refractivity contribution is 5.78. The summed E-state index contributed by atoms with van der Waals surface area (Å²) in [6, 6.07) is 3.84. The highest BCUT2D eigenvalue weighted by Crippen LogP contribution is 2.24. The lowest BCUT2D eigenvalue weighted by Crippen LogP contribution is -2.36. The van der Waals surface area contributed by atoms with Crippen LogP contribution in [0.4, 0.5) is 4.39 Å². The van der Waals surface area contributed by atoms with Crippen LogP contribution >= 0.6 is 0 Å². The first-order valence-electron chi connectivity index (χ1n) is 6.07. The second-order valence-corrected chi connectivity index (χ2v) is 4.64. The van der Waals surface area contributed by atoms with Crippen LogP contribution in [0.25, 0.3) is 0 Å². The van der Waals surface area contributed by atoms with Crippen molar-refractivity contribution in [1.29, 1.82) is 0 Å². The molecule has 2 unspecified atom stereocenters. The summed E-state index contributed by atoms with van der Waals surface area (Å²) in [5, 5.41) is 15.7. The van der Waals surface area contributed by atoms with Crippen molar-refractivity contribution in [3.8, 4) is 5.75 Å². The van der Waals surface area contributed by atoms with Gasteiger partial charge in [-0.15, -0.1) is 0 Å². The summed E-state index contributed by atoms with van der Waals surface area (Å²) >= 11 is 0. The minimum Gasteiger partial charge on any atom is -0.508 e. The van der Waals surface area contributed by atoms with E-state index in [1.165, 1.54) is 18.2 Å². The molecule has 0 bridgehead atoms. The normalized spacial score (nSPS) is 20.8. The summed E-state index contributed by atoms with van der Waals surface area (Å²) in [6.07, 6.45) is 1.37. The molecule has 3 N–H and O–H groups in total. The van der Waals surface area contributed by atoms with Crippen molar-refractivity contribution in [3.63, 3.8) is 0 Å². The van der Waals surface area contributed by atoms with Gasteiger partial charge in [-0.25, -0.2) is 4.39 Å². The van der Waals surface area contributed by atoms with Crippen LogP contribution < -0.4 is 10.6 Å². The Hall–Kier alpha value is -1.62. The Balaban J connectivity index is 1.93. The Kier molecular flexibility index (Phi) is 3.81. The smallest absolute Gasteiger partial charge is 0.220 e. The molecule has 5 heteroatoms. The molecule has 1 aromatic rings. The van der Waals surface area contributed by atoms with Crippen molar-refractivity contribution in [2.45, 2.75) is 31.8 Å². The van der Waals surface area contributed by atoms with E-state index in [9.17, 15) is 14.3 Å².